The predicted octanol–water partition coefficient (Wildman–Crippen LogP) is 3.63. The molecular formula is C13H12BrN. The molecule has 0 N–H and O–H groups in total. The molecular weight excluding hydrogens is 250 g/mol. The second-order valence-electron chi connectivity index (χ2n) is 3.45. The highest BCUT2D eigenvalue weighted by Gasteiger charge is 1.99. The molecule has 1 nitrogen and oxygen atoms in total. The molecule has 76 valence electrons. The van der Waals surface area contributed by atoms with Crippen LogP contribution in [0.4, 0.5) is 0 Å². The highest BCUT2D eigenvalue weighted by Crippen LogP contribution is 2.16. The van der Waals surface area contributed by atoms with Gasteiger partial charge in [0.25, 0.3) is 0 Å². The van der Waals surface area contributed by atoms with Crippen LogP contribution < -0.4 is 0 Å². The Morgan fingerprint density at radius 3 is 2.53 bits per heavy atom. The number of hydrogen-bond donors (Lipinski definition) is 0. The first-order valence-electron chi connectivity index (χ1n) is 4.98. The largest absolute Gasteiger partial charge is 0.264 e. The van der Waals surface area contributed by atoms with E-state index in [4.69, 9.17) is 0 Å². The third kappa shape index (κ3) is 2.90. The van der Waals surface area contributed by atoms with Crippen LogP contribution in [0.25, 0.3) is 0 Å². The first-order valence-corrected chi connectivity index (χ1v) is 5.78. The molecule has 1 aromatic heterocycles. The first kappa shape index (κ1) is 10.4. The maximum absolute atomic E-state index is 4.05. The van der Waals surface area contributed by atoms with Crippen molar-refractivity contribution in [1.82, 2.24) is 4.98 Å². The summed E-state index contributed by atoms with van der Waals surface area (Å²) < 4.78 is 1.10. The van der Waals surface area contributed by atoms with Crippen LogP contribution in [0, 0.1) is 0 Å². The number of aromatic nitrogens is 1. The Balaban J connectivity index is 2.03. The fourth-order valence-electron chi connectivity index (χ4n) is 1.53. The van der Waals surface area contributed by atoms with Crippen molar-refractivity contribution in [2.75, 3.05) is 0 Å². The van der Waals surface area contributed by atoms with Gasteiger partial charge >= 0.3 is 0 Å². The summed E-state index contributed by atoms with van der Waals surface area (Å²) in [4.78, 5) is 4.05. The fraction of sp³-hybridized carbons (Fsp3) is 0.154. The average Bonchev–Trinajstić information content (AvgIpc) is 2.29. The summed E-state index contributed by atoms with van der Waals surface area (Å²) in [6.07, 6.45) is 5.81. The normalized spacial score (nSPS) is 10.2. The molecule has 0 radical (unpaired) electrons. The summed E-state index contributed by atoms with van der Waals surface area (Å²) in [6, 6.07) is 12.6. The fourth-order valence-corrected chi connectivity index (χ4v) is 1.98. The van der Waals surface area contributed by atoms with E-state index in [-0.39, 0.29) is 0 Å². The van der Waals surface area contributed by atoms with E-state index >= 15 is 0 Å². The minimum Gasteiger partial charge on any atom is -0.264 e. The van der Waals surface area contributed by atoms with Gasteiger partial charge in [0.05, 0.1) is 0 Å². The van der Waals surface area contributed by atoms with Gasteiger partial charge < -0.3 is 0 Å². The molecule has 2 rings (SSSR count). The van der Waals surface area contributed by atoms with Crippen LogP contribution in [-0.2, 0) is 12.8 Å². The van der Waals surface area contributed by atoms with Crippen LogP contribution in [0.3, 0.4) is 0 Å². The Kier molecular flexibility index (Phi) is 3.51. The monoisotopic (exact) mass is 261 g/mol. The zero-order valence-electron chi connectivity index (χ0n) is 8.36. The number of benzene rings is 1. The van der Waals surface area contributed by atoms with Crippen LogP contribution in [0.1, 0.15) is 11.1 Å². The Bertz CT molecular complexity index is 426. The van der Waals surface area contributed by atoms with Crippen molar-refractivity contribution in [2.24, 2.45) is 0 Å². The second kappa shape index (κ2) is 5.08. The van der Waals surface area contributed by atoms with Crippen molar-refractivity contribution in [2.45, 2.75) is 12.8 Å². The standard InChI is InChI=1S/C13H12BrN/c14-13-10-15-9-8-12(13)7-6-11-4-2-1-3-5-11/h1-5,8-10H,6-7H2. The van der Waals surface area contributed by atoms with E-state index in [0.717, 1.165) is 17.3 Å². The molecule has 0 amide bonds. The summed E-state index contributed by atoms with van der Waals surface area (Å²) >= 11 is 3.51. The van der Waals surface area contributed by atoms with Gasteiger partial charge in [0, 0.05) is 16.9 Å². The van der Waals surface area contributed by atoms with Crippen molar-refractivity contribution in [3.05, 3.63) is 64.4 Å². The minimum absolute atomic E-state index is 1.05. The number of hydrogen-bond acceptors (Lipinski definition) is 1. The number of nitrogens with zero attached hydrogens (tertiary/aromatic N) is 1. The van der Waals surface area contributed by atoms with E-state index in [1.165, 1.54) is 11.1 Å². The lowest BCUT2D eigenvalue weighted by Gasteiger charge is -2.03. The lowest BCUT2D eigenvalue weighted by Crippen LogP contribution is -1.92. The third-order valence-corrected chi connectivity index (χ3v) is 3.10. The van der Waals surface area contributed by atoms with Gasteiger partial charge in [-0.05, 0) is 46.0 Å². The summed E-state index contributed by atoms with van der Waals surface area (Å²) in [5.74, 6) is 0. The van der Waals surface area contributed by atoms with Crippen LogP contribution in [0.2, 0.25) is 0 Å². The Hall–Kier alpha value is -1.15. The van der Waals surface area contributed by atoms with Gasteiger partial charge in [-0.3, -0.25) is 4.98 Å². The SMILES string of the molecule is Brc1cnccc1CCc1ccccc1. The van der Waals surface area contributed by atoms with Gasteiger partial charge in [-0.15, -0.1) is 0 Å². The van der Waals surface area contributed by atoms with E-state index in [9.17, 15) is 0 Å². The molecule has 0 spiro atoms. The predicted molar refractivity (Wildman–Crippen MR) is 65.8 cm³/mol. The van der Waals surface area contributed by atoms with Crippen molar-refractivity contribution in [1.29, 1.82) is 0 Å². The summed E-state index contributed by atoms with van der Waals surface area (Å²) in [5, 5.41) is 0. The van der Waals surface area contributed by atoms with Crippen molar-refractivity contribution >= 4 is 15.9 Å². The molecule has 2 heteroatoms. The summed E-state index contributed by atoms with van der Waals surface area (Å²) in [5.41, 5.74) is 2.69. The Labute approximate surface area is 98.3 Å². The Morgan fingerprint density at radius 2 is 1.80 bits per heavy atom. The van der Waals surface area contributed by atoms with E-state index in [1.54, 1.807) is 0 Å². The number of rotatable bonds is 3. The highest BCUT2D eigenvalue weighted by molar-refractivity contribution is 9.10. The Morgan fingerprint density at radius 1 is 1.00 bits per heavy atom. The number of halogens is 1. The van der Waals surface area contributed by atoms with Crippen molar-refractivity contribution < 1.29 is 0 Å². The van der Waals surface area contributed by atoms with E-state index in [0.29, 0.717) is 0 Å². The lowest BCUT2D eigenvalue weighted by atomic mass is 10.1. The molecule has 1 aromatic carbocycles. The second-order valence-corrected chi connectivity index (χ2v) is 4.31. The van der Waals surface area contributed by atoms with E-state index < -0.39 is 0 Å². The zero-order chi connectivity index (χ0) is 10.5. The van der Waals surface area contributed by atoms with Crippen LogP contribution in [-0.4, -0.2) is 4.98 Å². The minimum atomic E-state index is 1.05. The van der Waals surface area contributed by atoms with Crippen LogP contribution in [0.5, 0.6) is 0 Å². The van der Waals surface area contributed by atoms with Crippen LogP contribution >= 0.6 is 15.9 Å². The highest BCUT2D eigenvalue weighted by atomic mass is 79.9. The number of pyridine rings is 1. The third-order valence-electron chi connectivity index (χ3n) is 2.38. The number of aryl methyl sites for hydroxylation is 2. The van der Waals surface area contributed by atoms with Gasteiger partial charge in [-0.25, -0.2) is 0 Å². The molecule has 0 aliphatic heterocycles. The molecule has 0 saturated carbocycles. The maximum Gasteiger partial charge on any atom is 0.0412 e. The van der Waals surface area contributed by atoms with E-state index in [2.05, 4.69) is 51.2 Å². The van der Waals surface area contributed by atoms with Gasteiger partial charge in [0.15, 0.2) is 0 Å². The van der Waals surface area contributed by atoms with Crippen molar-refractivity contribution in [3.63, 3.8) is 0 Å². The summed E-state index contributed by atoms with van der Waals surface area (Å²) in [7, 11) is 0. The first-order chi connectivity index (χ1) is 7.36. The molecule has 0 bridgehead atoms. The maximum atomic E-state index is 4.05. The van der Waals surface area contributed by atoms with Gasteiger partial charge in [-0.2, -0.15) is 0 Å². The molecule has 1 heterocycles. The average molecular weight is 262 g/mol. The van der Waals surface area contributed by atoms with Crippen molar-refractivity contribution in [3.8, 4) is 0 Å². The summed E-state index contributed by atoms with van der Waals surface area (Å²) in [6.45, 7) is 0. The zero-order valence-corrected chi connectivity index (χ0v) is 9.94. The molecule has 0 atom stereocenters. The molecule has 0 unspecified atom stereocenters. The van der Waals surface area contributed by atoms with E-state index in [1.807, 2.05) is 18.5 Å². The topological polar surface area (TPSA) is 12.9 Å². The lowest BCUT2D eigenvalue weighted by molar-refractivity contribution is 0.949. The quantitative estimate of drug-likeness (QED) is 0.823. The molecule has 0 aliphatic carbocycles. The van der Waals surface area contributed by atoms with Gasteiger partial charge in [0.1, 0.15) is 0 Å². The molecule has 0 fully saturated rings. The molecule has 15 heavy (non-hydrogen) atoms. The molecule has 0 saturated heterocycles. The van der Waals surface area contributed by atoms with Crippen LogP contribution in [0.15, 0.2) is 53.3 Å². The smallest absolute Gasteiger partial charge is 0.0412 e. The van der Waals surface area contributed by atoms with Gasteiger partial charge in [-0.1, -0.05) is 30.3 Å². The molecule has 0 aliphatic rings. The van der Waals surface area contributed by atoms with Gasteiger partial charge in [0.2, 0.25) is 0 Å². The molecule has 2 aromatic rings.